The highest BCUT2D eigenvalue weighted by molar-refractivity contribution is 9.10. The molecule has 0 atom stereocenters. The first-order valence-electron chi connectivity index (χ1n) is 5.68. The molecular formula is C13H17Br2NO2. The summed E-state index contributed by atoms with van der Waals surface area (Å²) in [6.45, 7) is 4.81. The average Bonchev–Trinajstić information content (AvgIpc) is 2.30. The third kappa shape index (κ3) is 4.61. The molecule has 18 heavy (non-hydrogen) atoms. The summed E-state index contributed by atoms with van der Waals surface area (Å²) in [5.41, 5.74) is 0.515. The van der Waals surface area contributed by atoms with Crippen LogP contribution in [0.15, 0.2) is 22.7 Å². The van der Waals surface area contributed by atoms with E-state index in [0.717, 1.165) is 11.8 Å². The quantitative estimate of drug-likeness (QED) is 0.767. The second kappa shape index (κ2) is 6.57. The van der Waals surface area contributed by atoms with Crippen molar-refractivity contribution in [3.8, 4) is 5.75 Å². The maximum atomic E-state index is 11.9. The van der Waals surface area contributed by atoms with Crippen LogP contribution in [0.5, 0.6) is 5.75 Å². The van der Waals surface area contributed by atoms with E-state index in [4.69, 9.17) is 0 Å². The molecule has 0 heterocycles. The van der Waals surface area contributed by atoms with E-state index in [1.54, 1.807) is 12.1 Å². The van der Waals surface area contributed by atoms with E-state index < -0.39 is 0 Å². The van der Waals surface area contributed by atoms with Gasteiger partial charge < -0.3 is 10.4 Å². The number of benzene rings is 1. The van der Waals surface area contributed by atoms with Crippen LogP contribution in [0.3, 0.4) is 0 Å². The van der Waals surface area contributed by atoms with Crippen molar-refractivity contribution in [1.29, 1.82) is 0 Å². The fourth-order valence-corrected chi connectivity index (χ4v) is 2.74. The zero-order valence-electron chi connectivity index (χ0n) is 10.5. The van der Waals surface area contributed by atoms with Gasteiger partial charge in [-0.3, -0.25) is 4.79 Å². The monoisotopic (exact) mass is 377 g/mol. The number of alkyl halides is 1. The molecule has 0 aliphatic carbocycles. The van der Waals surface area contributed by atoms with Crippen LogP contribution in [-0.4, -0.2) is 22.9 Å². The lowest BCUT2D eigenvalue weighted by atomic mass is 9.90. The summed E-state index contributed by atoms with van der Waals surface area (Å²) in [4.78, 5) is 11.9. The van der Waals surface area contributed by atoms with Crippen molar-refractivity contribution in [3.05, 3.63) is 28.2 Å². The standard InChI is InChI=1S/C13H17Br2NO2/c1-13(2,5-6-14)8-16-12(18)9-3-4-10(15)11(17)7-9/h3-4,7,17H,5-6,8H2,1-2H3,(H,16,18). The molecule has 0 radical (unpaired) electrons. The van der Waals surface area contributed by atoms with Gasteiger partial charge in [0.15, 0.2) is 0 Å². The van der Waals surface area contributed by atoms with Gasteiger partial charge in [-0.15, -0.1) is 0 Å². The summed E-state index contributed by atoms with van der Waals surface area (Å²) in [7, 11) is 0. The van der Waals surface area contributed by atoms with E-state index in [1.807, 2.05) is 0 Å². The fraction of sp³-hybridized carbons (Fsp3) is 0.462. The number of carbonyl (C=O) groups is 1. The summed E-state index contributed by atoms with van der Waals surface area (Å²) in [5.74, 6) is -0.0946. The SMILES string of the molecule is CC(C)(CCBr)CNC(=O)c1ccc(Br)c(O)c1. The lowest BCUT2D eigenvalue weighted by molar-refractivity contribution is 0.0935. The Hall–Kier alpha value is -0.550. The van der Waals surface area contributed by atoms with Gasteiger partial charge in [0.2, 0.25) is 0 Å². The highest BCUT2D eigenvalue weighted by Gasteiger charge is 2.18. The van der Waals surface area contributed by atoms with E-state index in [-0.39, 0.29) is 17.1 Å². The van der Waals surface area contributed by atoms with E-state index in [9.17, 15) is 9.90 Å². The van der Waals surface area contributed by atoms with E-state index in [0.29, 0.717) is 16.6 Å². The maximum Gasteiger partial charge on any atom is 0.251 e. The summed E-state index contributed by atoms with van der Waals surface area (Å²) in [6.07, 6.45) is 0.985. The van der Waals surface area contributed by atoms with Crippen LogP contribution in [-0.2, 0) is 0 Å². The van der Waals surface area contributed by atoms with Gasteiger partial charge in [-0.05, 0) is 46.0 Å². The molecule has 3 nitrogen and oxygen atoms in total. The van der Waals surface area contributed by atoms with Crippen LogP contribution >= 0.6 is 31.9 Å². The van der Waals surface area contributed by atoms with Crippen LogP contribution in [0.1, 0.15) is 30.6 Å². The molecule has 0 spiro atoms. The number of aromatic hydroxyl groups is 1. The lowest BCUT2D eigenvalue weighted by Crippen LogP contribution is -2.34. The molecule has 0 saturated heterocycles. The smallest absolute Gasteiger partial charge is 0.251 e. The molecule has 2 N–H and O–H groups in total. The van der Waals surface area contributed by atoms with Crippen molar-refractivity contribution in [2.45, 2.75) is 20.3 Å². The molecule has 0 saturated carbocycles. The molecule has 1 amide bonds. The second-order valence-corrected chi connectivity index (χ2v) is 6.60. The number of phenols is 1. The normalized spacial score (nSPS) is 11.3. The van der Waals surface area contributed by atoms with Crippen molar-refractivity contribution >= 4 is 37.8 Å². The van der Waals surface area contributed by atoms with Gasteiger partial charge in [0.1, 0.15) is 5.75 Å². The molecule has 0 bridgehead atoms. The minimum atomic E-state index is -0.166. The van der Waals surface area contributed by atoms with Gasteiger partial charge in [0, 0.05) is 17.4 Å². The molecule has 0 aliphatic heterocycles. The van der Waals surface area contributed by atoms with Crippen molar-refractivity contribution < 1.29 is 9.90 Å². The number of phenolic OH excluding ortho intramolecular Hbond substituents is 1. The molecule has 1 aromatic rings. The number of hydrogen-bond acceptors (Lipinski definition) is 2. The van der Waals surface area contributed by atoms with Crippen LogP contribution in [0.4, 0.5) is 0 Å². The number of carbonyl (C=O) groups excluding carboxylic acids is 1. The third-order valence-electron chi connectivity index (χ3n) is 2.71. The van der Waals surface area contributed by atoms with Crippen molar-refractivity contribution in [3.63, 3.8) is 0 Å². The van der Waals surface area contributed by atoms with Gasteiger partial charge in [0.05, 0.1) is 4.47 Å². The minimum Gasteiger partial charge on any atom is -0.507 e. The van der Waals surface area contributed by atoms with Gasteiger partial charge in [0.25, 0.3) is 5.91 Å². The Labute approximate surface area is 124 Å². The van der Waals surface area contributed by atoms with Crippen LogP contribution in [0, 0.1) is 5.41 Å². The molecule has 0 aliphatic rings. The highest BCUT2D eigenvalue weighted by Crippen LogP contribution is 2.24. The third-order valence-corrected chi connectivity index (χ3v) is 3.77. The topological polar surface area (TPSA) is 49.3 Å². The van der Waals surface area contributed by atoms with Crippen LogP contribution in [0.25, 0.3) is 0 Å². The summed E-state index contributed by atoms with van der Waals surface area (Å²) in [6, 6.07) is 4.79. The van der Waals surface area contributed by atoms with Crippen LogP contribution in [0.2, 0.25) is 0 Å². The molecule has 0 fully saturated rings. The maximum absolute atomic E-state index is 11.9. The minimum absolute atomic E-state index is 0.0522. The predicted octanol–water partition coefficient (Wildman–Crippen LogP) is 3.70. The molecular weight excluding hydrogens is 362 g/mol. The van der Waals surface area contributed by atoms with Gasteiger partial charge in [-0.2, -0.15) is 0 Å². The largest absolute Gasteiger partial charge is 0.507 e. The second-order valence-electron chi connectivity index (χ2n) is 4.95. The Bertz CT molecular complexity index is 433. The Morgan fingerprint density at radius 3 is 2.67 bits per heavy atom. The Balaban J connectivity index is 2.63. The molecule has 1 rings (SSSR count). The van der Waals surface area contributed by atoms with Crippen LogP contribution < -0.4 is 5.32 Å². The predicted molar refractivity (Wildman–Crippen MR) is 80.3 cm³/mol. The number of nitrogens with one attached hydrogen (secondary N) is 1. The van der Waals surface area contributed by atoms with E-state index in [1.165, 1.54) is 6.07 Å². The van der Waals surface area contributed by atoms with E-state index in [2.05, 4.69) is 51.0 Å². The first-order valence-corrected chi connectivity index (χ1v) is 7.60. The zero-order valence-corrected chi connectivity index (χ0v) is 13.6. The Kier molecular flexibility index (Phi) is 5.66. The fourth-order valence-electron chi connectivity index (χ4n) is 1.42. The summed E-state index contributed by atoms with van der Waals surface area (Å²) in [5, 5.41) is 13.3. The van der Waals surface area contributed by atoms with E-state index >= 15 is 0 Å². The molecule has 0 unspecified atom stereocenters. The van der Waals surface area contributed by atoms with Gasteiger partial charge in [-0.1, -0.05) is 29.8 Å². The van der Waals surface area contributed by atoms with Gasteiger partial charge in [-0.25, -0.2) is 0 Å². The molecule has 1 aromatic carbocycles. The van der Waals surface area contributed by atoms with Crippen molar-refractivity contribution in [1.82, 2.24) is 5.32 Å². The summed E-state index contributed by atoms with van der Waals surface area (Å²) < 4.78 is 0.582. The molecule has 5 heteroatoms. The first-order chi connectivity index (χ1) is 8.35. The van der Waals surface area contributed by atoms with Crippen molar-refractivity contribution in [2.24, 2.45) is 5.41 Å². The number of rotatable bonds is 5. The summed E-state index contributed by atoms with van der Waals surface area (Å²) >= 11 is 6.59. The Morgan fingerprint density at radius 1 is 1.44 bits per heavy atom. The molecule has 100 valence electrons. The lowest BCUT2D eigenvalue weighted by Gasteiger charge is -2.23. The number of hydrogen-bond donors (Lipinski definition) is 2. The Morgan fingerprint density at radius 2 is 2.11 bits per heavy atom. The zero-order chi connectivity index (χ0) is 13.8. The van der Waals surface area contributed by atoms with Crippen molar-refractivity contribution in [2.75, 3.05) is 11.9 Å². The number of halogens is 2. The highest BCUT2D eigenvalue weighted by atomic mass is 79.9. The number of amides is 1. The first kappa shape index (κ1) is 15.5. The molecule has 0 aromatic heterocycles. The van der Waals surface area contributed by atoms with Gasteiger partial charge >= 0.3 is 0 Å². The average molecular weight is 379 g/mol.